The largest absolute Gasteiger partial charge is 0.481 e. The quantitative estimate of drug-likeness (QED) is 0.0594. The molecular weight excluding hydrogens is 817 g/mol. The van der Waals surface area contributed by atoms with Crippen molar-refractivity contribution in [2.75, 3.05) is 18.9 Å². The first-order valence-corrected chi connectivity index (χ1v) is 20.3. The van der Waals surface area contributed by atoms with Crippen LogP contribution in [0.3, 0.4) is 0 Å². The van der Waals surface area contributed by atoms with Crippen molar-refractivity contribution < 1.29 is 85.5 Å². The van der Waals surface area contributed by atoms with Gasteiger partial charge in [-0.1, -0.05) is 6.08 Å². The van der Waals surface area contributed by atoms with Crippen molar-refractivity contribution >= 4 is 52.1 Å². The van der Waals surface area contributed by atoms with Gasteiger partial charge in [-0.05, 0) is 18.6 Å². The van der Waals surface area contributed by atoms with Crippen molar-refractivity contribution in [2.45, 2.75) is 55.0 Å². The Labute approximate surface area is 313 Å². The zero-order chi connectivity index (χ0) is 40.8. The number of pyridine rings is 1. The van der Waals surface area contributed by atoms with E-state index in [2.05, 4.69) is 24.2 Å². The van der Waals surface area contributed by atoms with Gasteiger partial charge in [0.15, 0.2) is 29.5 Å². The molecule has 0 aromatic carbocycles. The Bertz CT molecular complexity index is 2190. The van der Waals surface area contributed by atoms with Crippen molar-refractivity contribution in [2.24, 2.45) is 5.73 Å². The number of carbonyl (C=O) groups excluding carboxylic acids is 2. The molecular formula is C27H33N8O18P3. The van der Waals surface area contributed by atoms with Crippen molar-refractivity contribution in [1.82, 2.24) is 29.4 Å². The van der Waals surface area contributed by atoms with E-state index in [0.29, 0.717) is 0 Å². The van der Waals surface area contributed by atoms with E-state index >= 15 is 0 Å². The smallest absolute Gasteiger partial charge is 0.387 e. The number of hydrogen-bond acceptors (Lipinski definition) is 20. The minimum Gasteiger partial charge on any atom is -0.387 e. The van der Waals surface area contributed by atoms with Gasteiger partial charge in [0.25, 0.3) is 0 Å². The number of allylic oxidation sites excluding steroid dienone is 1. The minimum atomic E-state index is -5.86. The minimum absolute atomic E-state index is 0.0437. The van der Waals surface area contributed by atoms with Crippen molar-refractivity contribution in [3.05, 3.63) is 66.8 Å². The fraction of sp³-hybridized carbons (Fsp3) is 0.407. The van der Waals surface area contributed by atoms with Crippen LogP contribution in [0.25, 0.3) is 11.2 Å². The number of nitrogens with two attached hydrogens (primary N) is 2. The average molecular weight is 851 g/mol. The fourth-order valence-electron chi connectivity index (χ4n) is 5.96. The Hall–Kier alpha value is -3.91. The predicted molar refractivity (Wildman–Crippen MR) is 180 cm³/mol. The zero-order valence-corrected chi connectivity index (χ0v) is 30.8. The van der Waals surface area contributed by atoms with Gasteiger partial charge in [-0.3, -0.25) is 32.7 Å². The summed E-state index contributed by atoms with van der Waals surface area (Å²) in [6.45, 7) is -2.56. The number of aliphatic hydroxyl groups is 3. The Balaban J connectivity index is 1.22. The van der Waals surface area contributed by atoms with Gasteiger partial charge in [0.2, 0.25) is 11.7 Å². The van der Waals surface area contributed by atoms with Crippen LogP contribution in [-0.2, 0) is 45.8 Å². The number of aliphatic hydroxyl groups excluding tert-OH is 3. The molecule has 6 heterocycles. The van der Waals surface area contributed by atoms with E-state index in [1.54, 1.807) is 0 Å². The number of fused-ring (bicyclic) bond motifs is 1. The third-order valence-corrected chi connectivity index (χ3v) is 11.6. The van der Waals surface area contributed by atoms with Crippen LogP contribution in [0.4, 0.5) is 5.82 Å². The Kier molecular flexibility index (Phi) is 11.8. The van der Waals surface area contributed by atoms with E-state index in [4.69, 9.17) is 34.5 Å². The molecule has 0 spiro atoms. The second-order valence-corrected chi connectivity index (χ2v) is 16.5. The highest BCUT2D eigenvalue weighted by Gasteiger charge is 2.63. The van der Waals surface area contributed by atoms with E-state index in [1.165, 1.54) is 41.7 Å². The van der Waals surface area contributed by atoms with Crippen LogP contribution in [0.2, 0.25) is 0 Å². The summed E-state index contributed by atoms with van der Waals surface area (Å²) < 4.78 is 69.4. The fourth-order valence-corrected chi connectivity index (χ4v) is 8.61. The molecule has 6 rings (SSSR count). The third-order valence-electron chi connectivity index (χ3n) is 8.55. The lowest BCUT2D eigenvalue weighted by Crippen LogP contribution is -2.53. The molecule has 3 aliphatic heterocycles. The molecule has 29 heteroatoms. The maximum Gasteiger partial charge on any atom is 0.481 e. The predicted octanol–water partition coefficient (Wildman–Crippen LogP) is -1.92. The van der Waals surface area contributed by atoms with E-state index in [1.807, 2.05) is 0 Å². The number of Topliss-reactive ketones (excluding diaryl/α,β-unsaturated/α-hetero) is 1. The molecule has 1 amide bonds. The number of amides is 1. The van der Waals surface area contributed by atoms with Crippen LogP contribution in [0.1, 0.15) is 23.0 Å². The Morgan fingerprint density at radius 1 is 1.02 bits per heavy atom. The molecule has 2 unspecified atom stereocenters. The summed E-state index contributed by atoms with van der Waals surface area (Å²) in [5.74, 6) is -2.15. The standard InChI is InChI=1S/C27H33N8O18P3/c28-22-16-24(32-11-31-22)35(12-33-16)26-19(52-54(41,42)43)21(39)27(51-26,20(38)13-3-1-5-30-7-13)10-49-56(46,47)53-55(44,45)48-9-15-17(36)18(37)25(50-15)34-6-2-4-14(8-34)23(29)40/h1-3,5-8,11-12,15,17-19,21,25-26,36-37,39H,4,9-10H2,(H2,29,40)(H,44,45)(H,46,47)(H2,28,31,32)(H2,41,42,43)/t15-,17-,18-,19-,21-,25-,26-,27+/m1/s1. The van der Waals surface area contributed by atoms with Crippen molar-refractivity contribution in [3.8, 4) is 0 Å². The second-order valence-electron chi connectivity index (χ2n) is 12.2. The van der Waals surface area contributed by atoms with E-state index in [-0.39, 0.29) is 34.5 Å². The molecule has 11 N–H and O–H groups in total. The molecule has 0 radical (unpaired) electrons. The number of nitrogen functional groups attached to an aromatic ring is 1. The highest BCUT2D eigenvalue weighted by atomic mass is 31.3. The number of anilines is 1. The summed E-state index contributed by atoms with van der Waals surface area (Å²) in [4.78, 5) is 82.9. The molecule has 26 nitrogen and oxygen atoms in total. The Morgan fingerprint density at radius 3 is 2.43 bits per heavy atom. The van der Waals surface area contributed by atoms with Gasteiger partial charge in [-0.2, -0.15) is 4.31 Å². The van der Waals surface area contributed by atoms with Crippen LogP contribution >= 0.6 is 23.5 Å². The molecule has 56 heavy (non-hydrogen) atoms. The lowest BCUT2D eigenvalue weighted by molar-refractivity contribution is -0.115. The van der Waals surface area contributed by atoms with Gasteiger partial charge in [0.1, 0.15) is 42.4 Å². The van der Waals surface area contributed by atoms with Gasteiger partial charge in [-0.15, -0.1) is 0 Å². The zero-order valence-electron chi connectivity index (χ0n) is 28.2. The van der Waals surface area contributed by atoms with Crippen molar-refractivity contribution in [1.29, 1.82) is 0 Å². The SMILES string of the molecule is NC(=O)C1=CN([C@@H]2O[C@H](COP(=O)(O)OP(=O)(O)OC[C@@]3(C(=O)c4cccnc4)O[C@@H](n4cnc5c(N)ncnc54)[C@H](OP(=O)(O)O)[C@H]3O)[C@@H](O)[C@H]2O)C=CC1. The van der Waals surface area contributed by atoms with Gasteiger partial charge >= 0.3 is 23.5 Å². The number of phosphoric ester groups is 3. The summed E-state index contributed by atoms with van der Waals surface area (Å²) in [7, 11) is -17.1. The number of hydrogen-bond donors (Lipinski definition) is 9. The molecule has 0 aliphatic carbocycles. The van der Waals surface area contributed by atoms with E-state index < -0.39 is 96.9 Å². The molecule has 2 fully saturated rings. The number of phosphoric acid groups is 3. The summed E-state index contributed by atoms with van der Waals surface area (Å²) in [6.07, 6.45) is -4.26. The molecule has 0 saturated carbocycles. The lowest BCUT2D eigenvalue weighted by Gasteiger charge is -2.31. The normalized spacial score (nSPS) is 30.2. The molecule has 304 valence electrons. The van der Waals surface area contributed by atoms with Crippen LogP contribution in [-0.4, -0.2) is 132 Å². The average Bonchev–Trinajstić information content (AvgIpc) is 3.78. The number of ketones is 1. The first kappa shape index (κ1) is 41.7. The first-order valence-electron chi connectivity index (χ1n) is 15.8. The van der Waals surface area contributed by atoms with Crippen LogP contribution in [0.5, 0.6) is 0 Å². The monoisotopic (exact) mass is 850 g/mol. The number of ether oxygens (including phenoxy) is 2. The first-order chi connectivity index (χ1) is 26.2. The molecule has 2 saturated heterocycles. The van der Waals surface area contributed by atoms with Crippen LogP contribution in [0, 0.1) is 0 Å². The lowest BCUT2D eigenvalue weighted by atomic mass is 9.88. The summed E-state index contributed by atoms with van der Waals surface area (Å²) in [5, 5.41) is 32.6. The molecule has 10 atom stereocenters. The maximum atomic E-state index is 14.1. The highest BCUT2D eigenvalue weighted by molar-refractivity contribution is 7.61. The summed E-state index contributed by atoms with van der Waals surface area (Å²) in [6, 6.07) is 2.47. The number of nitrogens with zero attached hydrogens (tertiary/aromatic N) is 6. The second kappa shape index (κ2) is 15.8. The van der Waals surface area contributed by atoms with Gasteiger partial charge in [-0.25, -0.2) is 28.6 Å². The molecule has 3 aromatic rings. The maximum absolute atomic E-state index is 14.1. The van der Waals surface area contributed by atoms with Crippen LogP contribution < -0.4 is 11.5 Å². The van der Waals surface area contributed by atoms with Gasteiger partial charge in [0, 0.05) is 35.9 Å². The molecule has 0 bridgehead atoms. The molecule has 3 aliphatic rings. The number of rotatable bonds is 15. The Morgan fingerprint density at radius 2 is 1.75 bits per heavy atom. The van der Waals surface area contributed by atoms with E-state index in [0.717, 1.165) is 23.4 Å². The molecule has 3 aromatic heterocycles. The number of primary amides is 1. The number of imidazole rings is 1. The van der Waals surface area contributed by atoms with E-state index in [9.17, 15) is 58.2 Å². The number of carbonyl (C=O) groups is 2. The summed E-state index contributed by atoms with van der Waals surface area (Å²) >= 11 is 0. The van der Waals surface area contributed by atoms with Crippen molar-refractivity contribution in [3.63, 3.8) is 0 Å². The van der Waals surface area contributed by atoms with Crippen LogP contribution in [0.15, 0.2) is 61.2 Å². The number of aromatic nitrogens is 5. The third kappa shape index (κ3) is 8.66. The summed E-state index contributed by atoms with van der Waals surface area (Å²) in [5.41, 5.74) is 7.85. The topological polar surface area (TPSA) is 394 Å². The highest BCUT2D eigenvalue weighted by Crippen LogP contribution is 2.61. The van der Waals surface area contributed by atoms with Gasteiger partial charge < -0.3 is 60.7 Å². The van der Waals surface area contributed by atoms with Gasteiger partial charge in [0.05, 0.1) is 19.5 Å².